The van der Waals surface area contributed by atoms with Gasteiger partial charge in [0, 0.05) is 6.04 Å². The number of carbonyl (C=O) groups is 1. The van der Waals surface area contributed by atoms with Crippen molar-refractivity contribution in [2.75, 3.05) is 0 Å². The standard InChI is InChI=1S/C20H29N3O3S2/c1-12(2)19(20(24)22-15-7-5-13(3)6-8-15)23-28(25,26)16-9-10-17-18(11-16)27-14(4)21-17/h9-13,15,19,23H,5-8H2,1-4H3,(H,22,24). The molecule has 1 atom stereocenters. The van der Waals surface area contributed by atoms with Crippen LogP contribution in [0.5, 0.6) is 0 Å². The molecule has 1 aromatic carbocycles. The average molecular weight is 424 g/mol. The summed E-state index contributed by atoms with van der Waals surface area (Å²) < 4.78 is 29.3. The van der Waals surface area contributed by atoms with Crippen molar-refractivity contribution in [3.63, 3.8) is 0 Å². The third kappa shape index (κ3) is 4.90. The number of amides is 1. The zero-order chi connectivity index (χ0) is 20.5. The fourth-order valence-corrected chi connectivity index (χ4v) is 5.92. The highest BCUT2D eigenvalue weighted by molar-refractivity contribution is 7.89. The lowest BCUT2D eigenvalue weighted by atomic mass is 9.87. The van der Waals surface area contributed by atoms with E-state index in [0.717, 1.165) is 40.9 Å². The molecule has 6 nitrogen and oxygen atoms in total. The van der Waals surface area contributed by atoms with Gasteiger partial charge < -0.3 is 5.32 Å². The SMILES string of the molecule is Cc1nc2ccc(S(=O)(=O)NC(C(=O)NC3CCC(C)CC3)C(C)C)cc2s1. The number of benzene rings is 1. The van der Waals surface area contributed by atoms with E-state index >= 15 is 0 Å². The van der Waals surface area contributed by atoms with Crippen LogP contribution in [0.2, 0.25) is 0 Å². The molecule has 2 N–H and O–H groups in total. The van der Waals surface area contributed by atoms with Crippen molar-refractivity contribution in [3.05, 3.63) is 23.2 Å². The molecule has 28 heavy (non-hydrogen) atoms. The predicted molar refractivity (Wildman–Crippen MR) is 113 cm³/mol. The molecule has 1 fully saturated rings. The van der Waals surface area contributed by atoms with E-state index in [4.69, 9.17) is 0 Å². The number of nitrogens with zero attached hydrogens (tertiary/aromatic N) is 1. The summed E-state index contributed by atoms with van der Waals surface area (Å²) in [6.07, 6.45) is 4.09. The second-order valence-corrected chi connectivity index (χ2v) is 11.1. The van der Waals surface area contributed by atoms with E-state index < -0.39 is 16.1 Å². The first-order valence-corrected chi connectivity index (χ1v) is 12.2. The summed E-state index contributed by atoms with van der Waals surface area (Å²) in [5.74, 6) is 0.289. The molecule has 1 saturated carbocycles. The summed E-state index contributed by atoms with van der Waals surface area (Å²) >= 11 is 1.45. The van der Waals surface area contributed by atoms with E-state index in [2.05, 4.69) is 21.9 Å². The molecule has 8 heteroatoms. The number of thiazole rings is 1. The van der Waals surface area contributed by atoms with Crippen molar-refractivity contribution in [1.82, 2.24) is 15.0 Å². The number of carbonyl (C=O) groups excluding carboxylic acids is 1. The molecule has 1 aliphatic rings. The Balaban J connectivity index is 1.75. The molecule has 1 aliphatic carbocycles. The van der Waals surface area contributed by atoms with Crippen LogP contribution in [0, 0.1) is 18.8 Å². The Kier molecular flexibility index (Phi) is 6.41. The fraction of sp³-hybridized carbons (Fsp3) is 0.600. The van der Waals surface area contributed by atoms with Crippen LogP contribution in [-0.2, 0) is 14.8 Å². The van der Waals surface area contributed by atoms with E-state index in [1.54, 1.807) is 18.2 Å². The minimum atomic E-state index is -3.81. The molecule has 0 radical (unpaired) electrons. The minimum Gasteiger partial charge on any atom is -0.352 e. The van der Waals surface area contributed by atoms with Gasteiger partial charge in [0.2, 0.25) is 15.9 Å². The molecule has 1 unspecified atom stereocenters. The van der Waals surface area contributed by atoms with Gasteiger partial charge in [0.05, 0.1) is 20.1 Å². The lowest BCUT2D eigenvalue weighted by molar-refractivity contribution is -0.124. The summed E-state index contributed by atoms with van der Waals surface area (Å²) in [7, 11) is -3.81. The number of fused-ring (bicyclic) bond motifs is 1. The Morgan fingerprint density at radius 1 is 1.21 bits per heavy atom. The number of nitrogens with one attached hydrogen (secondary N) is 2. The molecule has 3 rings (SSSR count). The maximum Gasteiger partial charge on any atom is 0.241 e. The predicted octanol–water partition coefficient (Wildman–Crippen LogP) is 3.60. The average Bonchev–Trinajstić information content (AvgIpc) is 3.00. The lowest BCUT2D eigenvalue weighted by Crippen LogP contribution is -2.52. The number of aromatic nitrogens is 1. The number of sulfonamides is 1. The van der Waals surface area contributed by atoms with Gasteiger partial charge in [0.15, 0.2) is 0 Å². The highest BCUT2D eigenvalue weighted by atomic mass is 32.2. The van der Waals surface area contributed by atoms with Crippen molar-refractivity contribution in [1.29, 1.82) is 0 Å². The van der Waals surface area contributed by atoms with Crippen molar-refractivity contribution in [3.8, 4) is 0 Å². The molecular formula is C20H29N3O3S2. The summed E-state index contributed by atoms with van der Waals surface area (Å²) in [6, 6.07) is 4.21. The van der Waals surface area contributed by atoms with Crippen LogP contribution in [0.3, 0.4) is 0 Å². The third-order valence-electron chi connectivity index (χ3n) is 5.37. The van der Waals surface area contributed by atoms with Gasteiger partial charge in [-0.1, -0.05) is 20.8 Å². The van der Waals surface area contributed by atoms with Crippen LogP contribution >= 0.6 is 11.3 Å². The van der Waals surface area contributed by atoms with Crippen LogP contribution in [0.15, 0.2) is 23.1 Å². The number of aryl methyl sites for hydroxylation is 1. The minimum absolute atomic E-state index is 0.131. The maximum absolute atomic E-state index is 12.9. The largest absolute Gasteiger partial charge is 0.352 e. The van der Waals surface area contributed by atoms with Gasteiger partial charge in [-0.2, -0.15) is 4.72 Å². The second kappa shape index (κ2) is 8.47. The van der Waals surface area contributed by atoms with Gasteiger partial charge in [0.1, 0.15) is 6.04 Å². The van der Waals surface area contributed by atoms with E-state index in [1.807, 2.05) is 20.8 Å². The molecule has 0 aliphatic heterocycles. The summed E-state index contributed by atoms with van der Waals surface area (Å²) in [5.41, 5.74) is 0.783. The van der Waals surface area contributed by atoms with Crippen molar-refractivity contribution in [2.24, 2.45) is 11.8 Å². The third-order valence-corrected chi connectivity index (χ3v) is 7.74. The molecule has 1 heterocycles. The Morgan fingerprint density at radius 2 is 1.89 bits per heavy atom. The van der Waals surface area contributed by atoms with Crippen LogP contribution in [0.1, 0.15) is 51.5 Å². The van der Waals surface area contributed by atoms with E-state index in [-0.39, 0.29) is 22.8 Å². The van der Waals surface area contributed by atoms with Gasteiger partial charge in [0.25, 0.3) is 0 Å². The van der Waals surface area contributed by atoms with Gasteiger partial charge in [-0.15, -0.1) is 11.3 Å². The first kappa shape index (κ1) is 21.2. The molecule has 2 aromatic rings. The number of rotatable bonds is 6. The van der Waals surface area contributed by atoms with Crippen LogP contribution < -0.4 is 10.0 Å². The van der Waals surface area contributed by atoms with E-state index in [0.29, 0.717) is 5.92 Å². The lowest BCUT2D eigenvalue weighted by Gasteiger charge is -2.29. The fourth-order valence-electron chi connectivity index (χ4n) is 3.61. The summed E-state index contributed by atoms with van der Waals surface area (Å²) in [6.45, 7) is 7.82. The summed E-state index contributed by atoms with van der Waals surface area (Å²) in [4.78, 5) is 17.3. The molecule has 154 valence electrons. The monoisotopic (exact) mass is 423 g/mol. The van der Waals surface area contributed by atoms with E-state index in [9.17, 15) is 13.2 Å². The van der Waals surface area contributed by atoms with Gasteiger partial charge in [-0.25, -0.2) is 13.4 Å². The molecular weight excluding hydrogens is 394 g/mol. The van der Waals surface area contributed by atoms with Crippen molar-refractivity contribution >= 4 is 37.5 Å². The molecule has 1 aromatic heterocycles. The normalized spacial score (nSPS) is 21.8. The second-order valence-electron chi connectivity index (χ2n) is 8.17. The van der Waals surface area contributed by atoms with Gasteiger partial charge >= 0.3 is 0 Å². The Bertz CT molecular complexity index is 945. The Morgan fingerprint density at radius 3 is 2.54 bits per heavy atom. The van der Waals surface area contributed by atoms with Crippen LogP contribution in [0.25, 0.3) is 10.2 Å². The van der Waals surface area contributed by atoms with Crippen molar-refractivity contribution in [2.45, 2.75) is 70.4 Å². The number of hydrogen-bond donors (Lipinski definition) is 2. The molecule has 0 saturated heterocycles. The summed E-state index contributed by atoms with van der Waals surface area (Å²) in [5, 5.41) is 3.94. The van der Waals surface area contributed by atoms with Gasteiger partial charge in [-0.05, 0) is 62.6 Å². The highest BCUT2D eigenvalue weighted by Crippen LogP contribution is 2.26. The van der Waals surface area contributed by atoms with Gasteiger partial charge in [-0.3, -0.25) is 4.79 Å². The first-order chi connectivity index (χ1) is 13.2. The zero-order valence-electron chi connectivity index (χ0n) is 16.9. The Labute approximate surface area is 171 Å². The molecule has 0 spiro atoms. The first-order valence-electron chi connectivity index (χ1n) is 9.85. The smallest absolute Gasteiger partial charge is 0.241 e. The van der Waals surface area contributed by atoms with Crippen LogP contribution in [0.4, 0.5) is 0 Å². The van der Waals surface area contributed by atoms with Crippen LogP contribution in [-0.4, -0.2) is 31.4 Å². The Hall–Kier alpha value is -1.51. The maximum atomic E-state index is 12.9. The van der Waals surface area contributed by atoms with Crippen molar-refractivity contribution < 1.29 is 13.2 Å². The molecule has 1 amide bonds. The topological polar surface area (TPSA) is 88.2 Å². The number of hydrogen-bond acceptors (Lipinski definition) is 5. The van der Waals surface area contributed by atoms with E-state index in [1.165, 1.54) is 11.3 Å². The quantitative estimate of drug-likeness (QED) is 0.743. The highest BCUT2D eigenvalue weighted by Gasteiger charge is 2.30. The zero-order valence-corrected chi connectivity index (χ0v) is 18.5. The molecule has 0 bridgehead atoms.